The predicted octanol–water partition coefficient (Wildman–Crippen LogP) is 4.77. The summed E-state index contributed by atoms with van der Waals surface area (Å²) in [4.78, 5) is 8.86. The molecular weight excluding hydrogens is 380 g/mol. The highest BCUT2D eigenvalue weighted by Gasteiger charge is 2.22. The van der Waals surface area contributed by atoms with E-state index in [0.29, 0.717) is 6.04 Å². The molecule has 1 aliphatic heterocycles. The van der Waals surface area contributed by atoms with E-state index in [2.05, 4.69) is 62.1 Å². The van der Waals surface area contributed by atoms with Gasteiger partial charge in [-0.2, -0.15) is 0 Å². The molecule has 29 heavy (non-hydrogen) atoms. The van der Waals surface area contributed by atoms with Crippen LogP contribution < -0.4 is 5.32 Å². The van der Waals surface area contributed by atoms with Crippen LogP contribution in [0, 0.1) is 0 Å². The van der Waals surface area contributed by atoms with Gasteiger partial charge in [-0.25, -0.2) is 18.5 Å². The van der Waals surface area contributed by atoms with Gasteiger partial charge >= 0.3 is 0 Å². The van der Waals surface area contributed by atoms with E-state index in [9.17, 15) is 4.21 Å². The van der Waals surface area contributed by atoms with E-state index < -0.39 is 11.0 Å². The Kier molecular flexibility index (Phi) is 6.21. The molecule has 0 spiro atoms. The van der Waals surface area contributed by atoms with Gasteiger partial charge in [0, 0.05) is 30.3 Å². The smallest absolute Gasteiger partial charge is 0.137 e. The zero-order valence-corrected chi connectivity index (χ0v) is 17.9. The quantitative estimate of drug-likeness (QED) is 0.661. The van der Waals surface area contributed by atoms with Crippen molar-refractivity contribution in [2.75, 3.05) is 17.6 Å². The SMILES string of the molecule is CC.O=S1CCCN1Cc1cccc(-c2ccc3ncnc(NC4CC4)c3c2)c1. The first-order valence-corrected chi connectivity index (χ1v) is 11.8. The molecule has 1 aliphatic carbocycles. The van der Waals surface area contributed by atoms with Crippen LogP contribution in [-0.4, -0.2) is 36.8 Å². The summed E-state index contributed by atoms with van der Waals surface area (Å²) in [7, 11) is -0.825. The van der Waals surface area contributed by atoms with Crippen LogP contribution in [-0.2, 0) is 17.5 Å². The summed E-state index contributed by atoms with van der Waals surface area (Å²) in [5.74, 6) is 1.72. The molecule has 0 bridgehead atoms. The number of benzene rings is 2. The van der Waals surface area contributed by atoms with Crippen molar-refractivity contribution in [3.8, 4) is 11.1 Å². The maximum atomic E-state index is 12.0. The minimum atomic E-state index is -0.825. The van der Waals surface area contributed by atoms with E-state index in [1.54, 1.807) is 6.33 Å². The molecule has 1 N–H and O–H groups in total. The number of nitrogens with zero attached hydrogens (tertiary/aromatic N) is 3. The third-order valence-corrected chi connectivity index (χ3v) is 6.71. The van der Waals surface area contributed by atoms with Crippen molar-refractivity contribution in [3.05, 3.63) is 54.4 Å². The molecule has 5 rings (SSSR count). The zero-order chi connectivity index (χ0) is 20.2. The summed E-state index contributed by atoms with van der Waals surface area (Å²) in [5, 5.41) is 4.57. The largest absolute Gasteiger partial charge is 0.367 e. The molecule has 1 atom stereocenters. The monoisotopic (exact) mass is 408 g/mol. The Labute approximate surface area is 175 Å². The summed E-state index contributed by atoms with van der Waals surface area (Å²) in [5.41, 5.74) is 4.48. The van der Waals surface area contributed by atoms with E-state index in [4.69, 9.17) is 0 Å². The number of aromatic nitrogens is 2. The Morgan fingerprint density at radius 1 is 1.10 bits per heavy atom. The van der Waals surface area contributed by atoms with Crippen LogP contribution in [0.4, 0.5) is 5.82 Å². The van der Waals surface area contributed by atoms with Crippen molar-refractivity contribution in [1.29, 1.82) is 0 Å². The summed E-state index contributed by atoms with van der Waals surface area (Å²) in [6, 6.07) is 15.4. The van der Waals surface area contributed by atoms with Crippen molar-refractivity contribution < 1.29 is 4.21 Å². The first-order chi connectivity index (χ1) is 14.3. The first kappa shape index (κ1) is 20.0. The highest BCUT2D eigenvalue weighted by Crippen LogP contribution is 2.31. The maximum absolute atomic E-state index is 12.0. The lowest BCUT2D eigenvalue weighted by atomic mass is 10.0. The van der Waals surface area contributed by atoms with E-state index >= 15 is 0 Å². The number of rotatable bonds is 5. The van der Waals surface area contributed by atoms with Crippen molar-refractivity contribution in [1.82, 2.24) is 14.3 Å². The molecule has 2 fully saturated rings. The maximum Gasteiger partial charge on any atom is 0.137 e. The predicted molar refractivity (Wildman–Crippen MR) is 121 cm³/mol. The summed E-state index contributed by atoms with van der Waals surface area (Å²) in [6.45, 7) is 5.66. The normalized spacial score (nSPS) is 19.0. The van der Waals surface area contributed by atoms with Gasteiger partial charge in [0.05, 0.1) is 16.5 Å². The van der Waals surface area contributed by atoms with Crippen molar-refractivity contribution >= 4 is 27.7 Å². The third-order valence-electron chi connectivity index (χ3n) is 5.19. The zero-order valence-electron chi connectivity index (χ0n) is 17.1. The van der Waals surface area contributed by atoms with Gasteiger partial charge in [0.25, 0.3) is 0 Å². The van der Waals surface area contributed by atoms with Gasteiger partial charge < -0.3 is 5.32 Å². The fourth-order valence-corrected chi connectivity index (χ4v) is 4.83. The lowest BCUT2D eigenvalue weighted by molar-refractivity contribution is 0.471. The molecule has 1 saturated carbocycles. The van der Waals surface area contributed by atoms with Crippen LogP contribution in [0.15, 0.2) is 48.8 Å². The van der Waals surface area contributed by atoms with Crippen LogP contribution in [0.25, 0.3) is 22.0 Å². The molecule has 6 heteroatoms. The van der Waals surface area contributed by atoms with Crippen LogP contribution in [0.5, 0.6) is 0 Å². The summed E-state index contributed by atoms with van der Waals surface area (Å²) >= 11 is 0. The summed E-state index contributed by atoms with van der Waals surface area (Å²) in [6.07, 6.45) is 5.08. The Bertz CT molecular complexity index is 1020. The molecule has 5 nitrogen and oxygen atoms in total. The van der Waals surface area contributed by atoms with Crippen LogP contribution in [0.2, 0.25) is 0 Å². The van der Waals surface area contributed by atoms with Crippen LogP contribution in [0.1, 0.15) is 38.7 Å². The van der Waals surface area contributed by atoms with Crippen LogP contribution >= 0.6 is 0 Å². The molecule has 1 aromatic heterocycles. The molecule has 0 radical (unpaired) electrons. The summed E-state index contributed by atoms with van der Waals surface area (Å²) < 4.78 is 14.1. The van der Waals surface area contributed by atoms with Crippen molar-refractivity contribution in [2.45, 2.75) is 45.7 Å². The highest BCUT2D eigenvalue weighted by atomic mass is 32.2. The standard InChI is InChI=1S/C21H22N4OS.C2H6/c26-27-10-2-9-25(27)13-15-3-1-4-16(11-15)17-5-8-20-19(12-17)21(23-14-22-20)24-18-6-7-18;1-2/h1,3-5,8,11-12,14,18H,2,6-7,9-10,13H2,(H,22,23,24);1-2H3. The molecule has 2 aliphatic rings. The molecule has 0 amide bonds. The van der Waals surface area contributed by atoms with Gasteiger partial charge in [0.2, 0.25) is 0 Å². The molecule has 2 aromatic carbocycles. The lowest BCUT2D eigenvalue weighted by Crippen LogP contribution is -2.19. The Hall–Kier alpha value is -2.31. The van der Waals surface area contributed by atoms with E-state index in [1.165, 1.54) is 24.0 Å². The molecular formula is C23H28N4OS. The van der Waals surface area contributed by atoms with Gasteiger partial charge in [0.1, 0.15) is 12.1 Å². The van der Waals surface area contributed by atoms with E-state index in [-0.39, 0.29) is 0 Å². The molecule has 3 aromatic rings. The fourth-order valence-electron chi connectivity index (χ4n) is 3.57. The second kappa shape index (κ2) is 9.01. The average Bonchev–Trinajstić information content (AvgIpc) is 3.50. The lowest BCUT2D eigenvalue weighted by Gasteiger charge is -2.14. The van der Waals surface area contributed by atoms with Crippen molar-refractivity contribution in [2.24, 2.45) is 0 Å². The second-order valence-corrected chi connectivity index (χ2v) is 8.88. The van der Waals surface area contributed by atoms with Gasteiger partial charge in [-0.05, 0) is 54.2 Å². The fraction of sp³-hybridized carbons (Fsp3) is 0.391. The number of hydrogen-bond acceptors (Lipinski definition) is 4. The molecule has 1 saturated heterocycles. The van der Waals surface area contributed by atoms with Gasteiger partial charge in [-0.1, -0.05) is 38.1 Å². The first-order valence-electron chi connectivity index (χ1n) is 10.5. The Morgan fingerprint density at radius 3 is 2.69 bits per heavy atom. The topological polar surface area (TPSA) is 58.1 Å². The average molecular weight is 409 g/mol. The number of anilines is 1. The van der Waals surface area contributed by atoms with E-state index in [1.807, 2.05) is 13.8 Å². The third kappa shape index (κ3) is 4.65. The Morgan fingerprint density at radius 2 is 1.93 bits per heavy atom. The van der Waals surface area contributed by atoms with Crippen molar-refractivity contribution in [3.63, 3.8) is 0 Å². The number of hydrogen-bond donors (Lipinski definition) is 1. The van der Waals surface area contributed by atoms with Crippen LogP contribution in [0.3, 0.4) is 0 Å². The minimum Gasteiger partial charge on any atom is -0.367 e. The Balaban J connectivity index is 0.000000994. The second-order valence-electron chi connectivity index (χ2n) is 7.32. The molecule has 2 heterocycles. The molecule has 152 valence electrons. The minimum absolute atomic E-state index is 0.552. The van der Waals surface area contributed by atoms with Gasteiger partial charge in [-0.3, -0.25) is 0 Å². The van der Waals surface area contributed by atoms with Gasteiger partial charge in [-0.15, -0.1) is 0 Å². The molecule has 1 unspecified atom stereocenters. The van der Waals surface area contributed by atoms with Gasteiger partial charge in [0.15, 0.2) is 0 Å². The van der Waals surface area contributed by atoms with E-state index in [0.717, 1.165) is 47.5 Å². The highest BCUT2D eigenvalue weighted by molar-refractivity contribution is 7.82. The number of nitrogens with one attached hydrogen (secondary N) is 1. The number of fused-ring (bicyclic) bond motifs is 1.